The van der Waals surface area contributed by atoms with Crippen LogP contribution in [-0.4, -0.2) is 32.1 Å². The highest BCUT2D eigenvalue weighted by Gasteiger charge is 2.21. The normalized spacial score (nSPS) is 16.6. The number of aromatic nitrogens is 3. The van der Waals surface area contributed by atoms with Crippen LogP contribution in [0.15, 0.2) is 29.4 Å². The molecule has 3 rings (SSSR count). The molecule has 0 radical (unpaired) electrons. The van der Waals surface area contributed by atoms with Crippen molar-refractivity contribution >= 4 is 17.7 Å². The Morgan fingerprint density at radius 2 is 1.96 bits per heavy atom. The number of nitrogens with zero attached hydrogens (tertiary/aromatic N) is 4. The SMILES string of the molecule is CCn1c(CN2CCCCCC2=O)nnc1S[C@@H](C)c1ccc(F)cc1. The summed E-state index contributed by atoms with van der Waals surface area (Å²) in [6.45, 7) is 6.20. The lowest BCUT2D eigenvalue weighted by Gasteiger charge is -2.20. The number of amides is 1. The van der Waals surface area contributed by atoms with Crippen molar-refractivity contribution in [1.82, 2.24) is 19.7 Å². The maximum Gasteiger partial charge on any atom is 0.222 e. The van der Waals surface area contributed by atoms with Crippen molar-refractivity contribution in [2.45, 2.75) is 63.0 Å². The molecule has 0 unspecified atom stereocenters. The van der Waals surface area contributed by atoms with Crippen LogP contribution in [0.25, 0.3) is 0 Å². The third kappa shape index (κ3) is 4.44. The topological polar surface area (TPSA) is 51.0 Å². The number of carbonyl (C=O) groups is 1. The first-order valence-corrected chi connectivity index (χ1v) is 10.1. The zero-order valence-corrected chi connectivity index (χ0v) is 16.1. The minimum Gasteiger partial charge on any atom is -0.335 e. The summed E-state index contributed by atoms with van der Waals surface area (Å²) in [5.74, 6) is 0.811. The van der Waals surface area contributed by atoms with Crippen LogP contribution in [0, 0.1) is 5.82 Å². The van der Waals surface area contributed by atoms with Crippen LogP contribution < -0.4 is 0 Å². The number of hydrogen-bond donors (Lipinski definition) is 0. The number of halogens is 1. The zero-order valence-electron chi connectivity index (χ0n) is 15.3. The molecule has 0 bridgehead atoms. The van der Waals surface area contributed by atoms with Crippen LogP contribution in [0.2, 0.25) is 0 Å². The van der Waals surface area contributed by atoms with Crippen LogP contribution in [0.5, 0.6) is 0 Å². The second-order valence-corrected chi connectivity index (χ2v) is 7.89. The van der Waals surface area contributed by atoms with E-state index in [-0.39, 0.29) is 17.0 Å². The van der Waals surface area contributed by atoms with Crippen LogP contribution in [-0.2, 0) is 17.9 Å². The highest BCUT2D eigenvalue weighted by molar-refractivity contribution is 7.99. The van der Waals surface area contributed by atoms with Crippen molar-refractivity contribution in [1.29, 1.82) is 0 Å². The molecule has 1 saturated heterocycles. The fraction of sp³-hybridized carbons (Fsp3) is 0.526. The molecule has 1 aromatic carbocycles. The summed E-state index contributed by atoms with van der Waals surface area (Å²) in [5, 5.41) is 9.66. The van der Waals surface area contributed by atoms with Gasteiger partial charge in [0.25, 0.3) is 0 Å². The van der Waals surface area contributed by atoms with Gasteiger partial charge in [-0.05, 0) is 44.4 Å². The average molecular weight is 377 g/mol. The molecule has 7 heteroatoms. The zero-order chi connectivity index (χ0) is 18.5. The molecule has 2 aromatic rings. The van der Waals surface area contributed by atoms with Gasteiger partial charge in [-0.2, -0.15) is 0 Å². The van der Waals surface area contributed by atoms with Gasteiger partial charge in [0.2, 0.25) is 5.91 Å². The highest BCUT2D eigenvalue weighted by Crippen LogP contribution is 2.34. The molecule has 1 aliphatic rings. The molecule has 0 aliphatic carbocycles. The first kappa shape index (κ1) is 18.9. The predicted molar refractivity (Wildman–Crippen MR) is 100 cm³/mol. The van der Waals surface area contributed by atoms with E-state index in [4.69, 9.17) is 0 Å². The van der Waals surface area contributed by atoms with Crippen molar-refractivity contribution < 1.29 is 9.18 Å². The second-order valence-electron chi connectivity index (χ2n) is 6.58. The Morgan fingerprint density at radius 1 is 1.19 bits per heavy atom. The van der Waals surface area contributed by atoms with Crippen molar-refractivity contribution in [3.05, 3.63) is 41.5 Å². The molecule has 26 heavy (non-hydrogen) atoms. The van der Waals surface area contributed by atoms with Crippen molar-refractivity contribution in [2.24, 2.45) is 0 Å². The van der Waals surface area contributed by atoms with Crippen LogP contribution in [0.1, 0.15) is 56.2 Å². The number of carbonyl (C=O) groups excluding carboxylic acids is 1. The van der Waals surface area contributed by atoms with Gasteiger partial charge in [0, 0.05) is 24.8 Å². The standard InChI is InChI=1S/C19H25FN4OS/c1-3-24-17(13-23-12-6-4-5-7-18(23)25)21-22-19(24)26-14(2)15-8-10-16(20)11-9-15/h8-11,14H,3-7,12-13H2,1-2H3/t14-/m0/s1. The number of thioether (sulfide) groups is 1. The Morgan fingerprint density at radius 3 is 2.69 bits per heavy atom. The van der Waals surface area contributed by atoms with Crippen LogP contribution >= 0.6 is 11.8 Å². The highest BCUT2D eigenvalue weighted by atomic mass is 32.2. The maximum atomic E-state index is 13.1. The van der Waals surface area contributed by atoms with E-state index in [1.807, 2.05) is 4.90 Å². The van der Waals surface area contributed by atoms with Gasteiger partial charge in [-0.25, -0.2) is 4.39 Å². The number of benzene rings is 1. The molecule has 5 nitrogen and oxygen atoms in total. The molecule has 1 fully saturated rings. The smallest absolute Gasteiger partial charge is 0.222 e. The van der Waals surface area contributed by atoms with Gasteiger partial charge in [-0.3, -0.25) is 4.79 Å². The lowest BCUT2D eigenvalue weighted by molar-refractivity contribution is -0.131. The van der Waals surface area contributed by atoms with Gasteiger partial charge < -0.3 is 9.47 Å². The Bertz CT molecular complexity index is 746. The maximum absolute atomic E-state index is 13.1. The Balaban J connectivity index is 1.73. The molecule has 1 aliphatic heterocycles. The summed E-state index contributed by atoms with van der Waals surface area (Å²) in [7, 11) is 0. The van der Waals surface area contributed by atoms with Crippen molar-refractivity contribution in [2.75, 3.05) is 6.54 Å². The molecule has 0 spiro atoms. The fourth-order valence-electron chi connectivity index (χ4n) is 3.18. The van der Waals surface area contributed by atoms with Gasteiger partial charge in [0.15, 0.2) is 11.0 Å². The summed E-state index contributed by atoms with van der Waals surface area (Å²) in [6, 6.07) is 6.56. The lowest BCUT2D eigenvalue weighted by atomic mass is 10.2. The first-order chi connectivity index (χ1) is 12.6. The molecule has 1 atom stereocenters. The number of hydrogen-bond acceptors (Lipinski definition) is 4. The third-order valence-corrected chi connectivity index (χ3v) is 5.87. The van der Waals surface area contributed by atoms with Gasteiger partial charge in [-0.15, -0.1) is 10.2 Å². The van der Waals surface area contributed by atoms with Gasteiger partial charge in [0.05, 0.1) is 6.54 Å². The van der Waals surface area contributed by atoms with Gasteiger partial charge in [0.1, 0.15) is 5.82 Å². The number of rotatable bonds is 6. The second kappa shape index (κ2) is 8.66. The Hall–Kier alpha value is -1.89. The van der Waals surface area contributed by atoms with Crippen LogP contribution in [0.3, 0.4) is 0 Å². The van der Waals surface area contributed by atoms with E-state index in [0.717, 1.165) is 48.9 Å². The van der Waals surface area contributed by atoms with E-state index in [1.54, 1.807) is 23.9 Å². The average Bonchev–Trinajstić information content (AvgIpc) is 2.89. The third-order valence-electron chi connectivity index (χ3n) is 4.73. The summed E-state index contributed by atoms with van der Waals surface area (Å²) in [4.78, 5) is 14.2. The quantitative estimate of drug-likeness (QED) is 0.709. The van der Waals surface area contributed by atoms with Crippen molar-refractivity contribution in [3.63, 3.8) is 0 Å². The molecular formula is C19H25FN4OS. The Kier molecular flexibility index (Phi) is 6.29. The van der Waals surface area contributed by atoms with E-state index in [1.165, 1.54) is 12.1 Å². The summed E-state index contributed by atoms with van der Waals surface area (Å²) >= 11 is 1.60. The fourth-order valence-corrected chi connectivity index (χ4v) is 4.24. The van der Waals surface area contributed by atoms with E-state index in [9.17, 15) is 9.18 Å². The minimum atomic E-state index is -0.230. The monoisotopic (exact) mass is 376 g/mol. The molecule has 140 valence electrons. The molecular weight excluding hydrogens is 351 g/mol. The summed E-state index contributed by atoms with van der Waals surface area (Å²) < 4.78 is 15.2. The molecule has 2 heterocycles. The van der Waals surface area contributed by atoms with E-state index >= 15 is 0 Å². The summed E-state index contributed by atoms with van der Waals surface area (Å²) in [5.41, 5.74) is 1.05. The number of likely N-dealkylation sites (tertiary alicyclic amines) is 1. The lowest BCUT2D eigenvalue weighted by Crippen LogP contribution is -2.31. The van der Waals surface area contributed by atoms with Crippen molar-refractivity contribution in [3.8, 4) is 0 Å². The predicted octanol–water partition coefficient (Wildman–Crippen LogP) is 4.19. The van der Waals surface area contributed by atoms with Crippen LogP contribution in [0.4, 0.5) is 4.39 Å². The summed E-state index contributed by atoms with van der Waals surface area (Å²) in [6.07, 6.45) is 3.77. The first-order valence-electron chi connectivity index (χ1n) is 9.20. The van der Waals surface area contributed by atoms with Gasteiger partial charge in [-0.1, -0.05) is 30.3 Å². The minimum absolute atomic E-state index is 0.137. The molecule has 0 saturated carbocycles. The molecule has 0 N–H and O–H groups in total. The van der Waals surface area contributed by atoms with E-state index < -0.39 is 0 Å². The Labute approximate surface area is 158 Å². The largest absolute Gasteiger partial charge is 0.335 e. The van der Waals surface area contributed by atoms with E-state index in [0.29, 0.717) is 13.0 Å². The van der Waals surface area contributed by atoms with Gasteiger partial charge >= 0.3 is 0 Å². The molecule has 1 aromatic heterocycles. The molecule has 1 amide bonds. The van der Waals surface area contributed by atoms with E-state index in [2.05, 4.69) is 28.6 Å².